The van der Waals surface area contributed by atoms with E-state index in [0.717, 1.165) is 17.6 Å². The second kappa shape index (κ2) is 6.02. The Hall–Kier alpha value is -3.21. The second-order valence-electron chi connectivity index (χ2n) is 6.00. The van der Waals surface area contributed by atoms with Gasteiger partial charge in [0.15, 0.2) is 0 Å². The molecule has 5 nitrogen and oxygen atoms in total. The number of carbonyl (C=O) groups excluding carboxylic acids is 3. The summed E-state index contributed by atoms with van der Waals surface area (Å²) in [6.07, 6.45) is 3.57. The number of allylic oxidation sites excluding steroid dienone is 2. The van der Waals surface area contributed by atoms with Gasteiger partial charge in [0.25, 0.3) is 11.8 Å². The molecular formula is C20H15NO4. The summed E-state index contributed by atoms with van der Waals surface area (Å²) in [6.45, 7) is 0. The van der Waals surface area contributed by atoms with Crippen molar-refractivity contribution in [3.63, 3.8) is 0 Å². The molecule has 1 aliphatic heterocycles. The Labute approximate surface area is 144 Å². The molecule has 0 bridgehead atoms. The lowest BCUT2D eigenvalue weighted by molar-refractivity contribution is -0.168. The number of fused-ring (bicyclic) bond motifs is 2. The molecule has 4 rings (SSSR count). The van der Waals surface area contributed by atoms with Crippen molar-refractivity contribution in [2.45, 2.75) is 19.3 Å². The van der Waals surface area contributed by atoms with Crippen molar-refractivity contribution in [3.8, 4) is 0 Å². The number of carbonyl (C=O) groups is 3. The van der Waals surface area contributed by atoms with Gasteiger partial charge in [-0.2, -0.15) is 0 Å². The van der Waals surface area contributed by atoms with Crippen molar-refractivity contribution in [1.29, 1.82) is 0 Å². The lowest BCUT2D eigenvalue weighted by atomic mass is 10.0. The number of benzene rings is 2. The van der Waals surface area contributed by atoms with Crippen LogP contribution in [0.4, 0.5) is 0 Å². The smallest absolute Gasteiger partial charge is 0.330 e. The van der Waals surface area contributed by atoms with E-state index >= 15 is 0 Å². The predicted octanol–water partition coefficient (Wildman–Crippen LogP) is 3.16. The second-order valence-corrected chi connectivity index (χ2v) is 6.00. The van der Waals surface area contributed by atoms with Gasteiger partial charge in [-0.1, -0.05) is 47.5 Å². The first-order chi connectivity index (χ1) is 12.1. The number of hydrogen-bond donors (Lipinski definition) is 0. The summed E-state index contributed by atoms with van der Waals surface area (Å²) in [6, 6.07) is 14.5. The molecule has 0 radical (unpaired) electrons. The molecule has 0 spiro atoms. The highest BCUT2D eigenvalue weighted by Crippen LogP contribution is 2.30. The maximum absolute atomic E-state index is 12.2. The molecule has 2 aromatic rings. The van der Waals surface area contributed by atoms with Gasteiger partial charge in [-0.3, -0.25) is 9.59 Å². The summed E-state index contributed by atoms with van der Waals surface area (Å²) < 4.78 is 0. The van der Waals surface area contributed by atoms with Crippen LogP contribution in [0, 0.1) is 0 Å². The van der Waals surface area contributed by atoms with E-state index in [1.807, 2.05) is 18.2 Å². The van der Waals surface area contributed by atoms with Crippen LogP contribution < -0.4 is 0 Å². The third-order valence-corrected chi connectivity index (χ3v) is 4.48. The highest BCUT2D eigenvalue weighted by Gasteiger charge is 2.38. The molecule has 0 aromatic heterocycles. The monoisotopic (exact) mass is 333 g/mol. The third-order valence-electron chi connectivity index (χ3n) is 4.48. The minimum atomic E-state index is -0.598. The van der Waals surface area contributed by atoms with E-state index in [9.17, 15) is 14.4 Å². The molecule has 0 N–H and O–H groups in total. The normalized spacial score (nSPS) is 15.0. The molecule has 1 aliphatic carbocycles. The zero-order chi connectivity index (χ0) is 17.4. The van der Waals surface area contributed by atoms with Crippen LogP contribution in [-0.4, -0.2) is 22.8 Å². The number of imide groups is 1. The van der Waals surface area contributed by atoms with E-state index in [0.29, 0.717) is 11.5 Å². The van der Waals surface area contributed by atoms with Gasteiger partial charge in [0.2, 0.25) is 0 Å². The first-order valence-electron chi connectivity index (χ1n) is 8.11. The molecule has 2 aromatic carbocycles. The Kier molecular flexibility index (Phi) is 3.69. The van der Waals surface area contributed by atoms with Crippen molar-refractivity contribution in [2.24, 2.45) is 0 Å². The minimum Gasteiger partial charge on any atom is -0.330 e. The minimum absolute atomic E-state index is 0.105. The Bertz CT molecular complexity index is 894. The summed E-state index contributed by atoms with van der Waals surface area (Å²) in [5.74, 6) is -1.79. The van der Waals surface area contributed by atoms with E-state index in [1.54, 1.807) is 24.3 Å². The van der Waals surface area contributed by atoms with Gasteiger partial charge >= 0.3 is 5.97 Å². The van der Waals surface area contributed by atoms with Crippen molar-refractivity contribution >= 4 is 23.4 Å². The molecule has 5 heteroatoms. The average molecular weight is 333 g/mol. The van der Waals surface area contributed by atoms with Crippen molar-refractivity contribution in [3.05, 3.63) is 76.9 Å². The van der Waals surface area contributed by atoms with Crippen LogP contribution in [-0.2, 0) is 16.1 Å². The lowest BCUT2D eigenvalue weighted by Crippen LogP contribution is -2.32. The molecule has 124 valence electrons. The largest absolute Gasteiger partial charge is 0.333 e. The van der Waals surface area contributed by atoms with E-state index in [-0.39, 0.29) is 17.5 Å². The molecule has 0 saturated carbocycles. The average Bonchev–Trinajstić information content (AvgIpc) is 3.15. The lowest BCUT2D eigenvalue weighted by Gasteiger charge is -2.13. The van der Waals surface area contributed by atoms with Gasteiger partial charge in [0, 0.05) is 0 Å². The Morgan fingerprint density at radius 1 is 0.920 bits per heavy atom. The molecule has 1 heterocycles. The predicted molar refractivity (Wildman–Crippen MR) is 90.4 cm³/mol. The zero-order valence-electron chi connectivity index (χ0n) is 13.4. The standard InChI is InChI=1S/C20H15NO4/c22-18(12-11-14-10-9-13-5-1-2-6-15(13)14)25-21-19(23)16-7-3-4-8-17(16)20(21)24/h1-8,10H,9,11-12H2. The van der Waals surface area contributed by atoms with Crippen LogP contribution in [0.15, 0.2) is 54.6 Å². The zero-order valence-corrected chi connectivity index (χ0v) is 13.4. The van der Waals surface area contributed by atoms with Gasteiger partial charge in [-0.15, -0.1) is 0 Å². The van der Waals surface area contributed by atoms with Crippen molar-refractivity contribution in [1.82, 2.24) is 5.06 Å². The highest BCUT2D eigenvalue weighted by molar-refractivity contribution is 6.20. The number of rotatable bonds is 4. The molecule has 0 unspecified atom stereocenters. The molecule has 0 fully saturated rings. The van der Waals surface area contributed by atoms with E-state index in [1.165, 1.54) is 5.56 Å². The summed E-state index contributed by atoms with van der Waals surface area (Å²) in [4.78, 5) is 41.5. The van der Waals surface area contributed by atoms with Crippen molar-refractivity contribution < 1.29 is 19.2 Å². The van der Waals surface area contributed by atoms with Crippen LogP contribution in [0.2, 0.25) is 0 Å². The first kappa shape index (κ1) is 15.3. The molecule has 2 aliphatic rings. The van der Waals surface area contributed by atoms with Gasteiger partial charge in [0.05, 0.1) is 17.5 Å². The van der Waals surface area contributed by atoms with Crippen LogP contribution in [0.25, 0.3) is 5.57 Å². The fourth-order valence-corrected chi connectivity index (χ4v) is 3.23. The Balaban J connectivity index is 1.40. The first-order valence-corrected chi connectivity index (χ1v) is 8.11. The van der Waals surface area contributed by atoms with Gasteiger partial charge < -0.3 is 4.84 Å². The maximum Gasteiger partial charge on any atom is 0.333 e. The fraction of sp³-hybridized carbons (Fsp3) is 0.150. The third kappa shape index (κ3) is 2.63. The fourth-order valence-electron chi connectivity index (χ4n) is 3.23. The highest BCUT2D eigenvalue weighted by atomic mass is 16.7. The quantitative estimate of drug-likeness (QED) is 0.806. The SMILES string of the molecule is O=C(CCC1=CCc2ccccc21)ON1C(=O)c2ccccc2C1=O. The number of hydroxylamine groups is 2. The maximum atomic E-state index is 12.2. The summed E-state index contributed by atoms with van der Waals surface area (Å²) >= 11 is 0. The van der Waals surface area contributed by atoms with Crippen LogP contribution in [0.5, 0.6) is 0 Å². The topological polar surface area (TPSA) is 63.7 Å². The summed E-state index contributed by atoms with van der Waals surface area (Å²) in [7, 11) is 0. The van der Waals surface area contributed by atoms with E-state index in [2.05, 4.69) is 12.1 Å². The summed E-state index contributed by atoms with van der Waals surface area (Å²) in [5, 5.41) is 0.559. The van der Waals surface area contributed by atoms with Gasteiger partial charge in [-0.25, -0.2) is 4.79 Å². The van der Waals surface area contributed by atoms with Gasteiger partial charge in [0.1, 0.15) is 0 Å². The number of nitrogens with zero attached hydrogens (tertiary/aromatic N) is 1. The molecule has 0 atom stereocenters. The van der Waals surface area contributed by atoms with E-state index < -0.39 is 17.8 Å². The van der Waals surface area contributed by atoms with Crippen LogP contribution in [0.1, 0.15) is 44.7 Å². The Morgan fingerprint density at radius 3 is 2.20 bits per heavy atom. The molecule has 2 amide bonds. The summed E-state index contributed by atoms with van der Waals surface area (Å²) in [5.41, 5.74) is 4.00. The van der Waals surface area contributed by atoms with Crippen LogP contribution in [0.3, 0.4) is 0 Å². The van der Waals surface area contributed by atoms with Crippen LogP contribution >= 0.6 is 0 Å². The number of hydrogen-bond acceptors (Lipinski definition) is 4. The molecule has 25 heavy (non-hydrogen) atoms. The molecule has 0 saturated heterocycles. The number of amides is 2. The van der Waals surface area contributed by atoms with E-state index in [4.69, 9.17) is 4.84 Å². The Morgan fingerprint density at radius 2 is 1.52 bits per heavy atom. The van der Waals surface area contributed by atoms with Gasteiger partial charge in [-0.05, 0) is 41.7 Å². The van der Waals surface area contributed by atoms with Crippen molar-refractivity contribution in [2.75, 3.05) is 0 Å². The molecular weight excluding hydrogens is 318 g/mol.